The van der Waals surface area contributed by atoms with E-state index < -0.39 is 0 Å². The lowest BCUT2D eigenvalue weighted by molar-refractivity contribution is 0.202. The van der Waals surface area contributed by atoms with Crippen molar-refractivity contribution in [3.05, 3.63) is 5.28 Å². The first kappa shape index (κ1) is 15.3. The molecule has 1 aromatic rings. The summed E-state index contributed by atoms with van der Waals surface area (Å²) in [5.41, 5.74) is 0. The van der Waals surface area contributed by atoms with Gasteiger partial charge in [0.2, 0.25) is 17.2 Å². The number of rotatable bonds is 7. The molecular formula is C13H22ClN5O. The molecule has 1 atom stereocenters. The maximum absolute atomic E-state index is 6.03. The Morgan fingerprint density at radius 2 is 1.90 bits per heavy atom. The van der Waals surface area contributed by atoms with Crippen molar-refractivity contribution in [1.82, 2.24) is 15.0 Å². The van der Waals surface area contributed by atoms with Gasteiger partial charge in [0.25, 0.3) is 0 Å². The molecule has 1 saturated carbocycles. The predicted molar refractivity (Wildman–Crippen MR) is 80.6 cm³/mol. The molecule has 2 rings (SSSR count). The molecule has 0 saturated heterocycles. The van der Waals surface area contributed by atoms with Gasteiger partial charge in [-0.3, -0.25) is 0 Å². The fourth-order valence-corrected chi connectivity index (χ4v) is 2.32. The minimum absolute atomic E-state index is 0.226. The Bertz CT molecular complexity index is 452. The summed E-state index contributed by atoms with van der Waals surface area (Å²) >= 11 is 6.03. The second kappa shape index (κ2) is 6.54. The molecule has 0 aromatic carbocycles. The molecule has 0 spiro atoms. The Balaban J connectivity index is 2.26. The first-order valence-corrected chi connectivity index (χ1v) is 7.25. The van der Waals surface area contributed by atoms with Crippen LogP contribution in [0.15, 0.2) is 0 Å². The normalized spacial score (nSPS) is 16.1. The van der Waals surface area contributed by atoms with Crippen molar-refractivity contribution >= 4 is 23.5 Å². The molecule has 1 unspecified atom stereocenters. The fourth-order valence-electron chi connectivity index (χ4n) is 2.17. The van der Waals surface area contributed by atoms with E-state index in [-0.39, 0.29) is 5.28 Å². The number of aromatic nitrogens is 3. The van der Waals surface area contributed by atoms with Crippen LogP contribution in [0.1, 0.15) is 19.8 Å². The molecule has 0 amide bonds. The fraction of sp³-hybridized carbons (Fsp3) is 0.769. The Hall–Kier alpha value is -1.14. The van der Waals surface area contributed by atoms with Gasteiger partial charge in [0.05, 0.1) is 6.61 Å². The van der Waals surface area contributed by atoms with Crippen LogP contribution in [0.5, 0.6) is 0 Å². The van der Waals surface area contributed by atoms with E-state index in [0.717, 1.165) is 6.54 Å². The van der Waals surface area contributed by atoms with Crippen LogP contribution in [0, 0.1) is 5.92 Å². The highest BCUT2D eigenvalue weighted by Gasteiger charge is 2.33. The summed E-state index contributed by atoms with van der Waals surface area (Å²) in [6.07, 6.45) is 2.54. The Morgan fingerprint density at radius 3 is 2.45 bits per heavy atom. The van der Waals surface area contributed by atoms with Crippen molar-refractivity contribution in [2.75, 3.05) is 44.2 Å². The highest BCUT2D eigenvalue weighted by molar-refractivity contribution is 6.28. The van der Waals surface area contributed by atoms with E-state index in [1.165, 1.54) is 12.8 Å². The number of anilines is 2. The summed E-state index contributed by atoms with van der Waals surface area (Å²) in [5.74, 6) is 1.92. The molecule has 7 heteroatoms. The molecule has 1 aliphatic rings. The number of hydrogen-bond acceptors (Lipinski definition) is 6. The molecule has 1 aliphatic carbocycles. The van der Waals surface area contributed by atoms with Crippen LogP contribution in [-0.4, -0.2) is 55.4 Å². The van der Waals surface area contributed by atoms with Crippen molar-refractivity contribution in [2.45, 2.75) is 25.8 Å². The molecule has 0 bridgehead atoms. The minimum Gasteiger partial charge on any atom is -0.383 e. The third kappa shape index (κ3) is 3.70. The van der Waals surface area contributed by atoms with Crippen LogP contribution in [0.2, 0.25) is 5.28 Å². The maximum Gasteiger partial charge on any atom is 0.231 e. The maximum atomic E-state index is 6.03. The lowest BCUT2D eigenvalue weighted by atomic mass is 10.2. The highest BCUT2D eigenvalue weighted by Crippen LogP contribution is 2.36. The van der Waals surface area contributed by atoms with Crippen LogP contribution in [0.3, 0.4) is 0 Å². The van der Waals surface area contributed by atoms with E-state index in [1.807, 2.05) is 19.0 Å². The Kier molecular flexibility index (Phi) is 4.99. The van der Waals surface area contributed by atoms with Gasteiger partial charge in [-0.15, -0.1) is 0 Å². The number of ether oxygens (including phenoxy) is 1. The molecule has 1 heterocycles. The van der Waals surface area contributed by atoms with Gasteiger partial charge in [-0.05, 0) is 37.3 Å². The molecule has 20 heavy (non-hydrogen) atoms. The van der Waals surface area contributed by atoms with Gasteiger partial charge in [-0.2, -0.15) is 15.0 Å². The Morgan fingerprint density at radius 1 is 1.25 bits per heavy atom. The van der Waals surface area contributed by atoms with Gasteiger partial charge >= 0.3 is 0 Å². The number of hydrogen-bond donors (Lipinski definition) is 0. The molecule has 0 aliphatic heterocycles. The largest absolute Gasteiger partial charge is 0.383 e. The second-order valence-electron chi connectivity index (χ2n) is 5.36. The topological polar surface area (TPSA) is 54.4 Å². The zero-order valence-electron chi connectivity index (χ0n) is 12.5. The molecule has 1 aromatic heterocycles. The molecule has 1 fully saturated rings. The van der Waals surface area contributed by atoms with Crippen molar-refractivity contribution in [3.63, 3.8) is 0 Å². The van der Waals surface area contributed by atoms with Crippen molar-refractivity contribution in [1.29, 1.82) is 0 Å². The Labute approximate surface area is 125 Å². The standard InChI is InChI=1S/C13H22ClN5O/c1-9(10-5-6-10)19(7-8-20-4)13-16-11(14)15-12(17-13)18(2)3/h9-10H,5-8H2,1-4H3. The van der Waals surface area contributed by atoms with Gasteiger partial charge < -0.3 is 14.5 Å². The zero-order chi connectivity index (χ0) is 14.7. The summed E-state index contributed by atoms with van der Waals surface area (Å²) in [5, 5.41) is 0.226. The van der Waals surface area contributed by atoms with Gasteiger partial charge in [0.1, 0.15) is 0 Å². The highest BCUT2D eigenvalue weighted by atomic mass is 35.5. The van der Waals surface area contributed by atoms with E-state index in [9.17, 15) is 0 Å². The van der Waals surface area contributed by atoms with Gasteiger partial charge in [0.15, 0.2) is 0 Å². The van der Waals surface area contributed by atoms with E-state index in [0.29, 0.717) is 30.5 Å². The van der Waals surface area contributed by atoms with Crippen LogP contribution < -0.4 is 9.80 Å². The zero-order valence-corrected chi connectivity index (χ0v) is 13.3. The SMILES string of the molecule is COCCN(c1nc(Cl)nc(N(C)C)n1)C(C)C1CC1. The van der Waals surface area contributed by atoms with Crippen molar-refractivity contribution in [3.8, 4) is 0 Å². The summed E-state index contributed by atoms with van der Waals surface area (Å²) in [7, 11) is 5.48. The van der Waals surface area contributed by atoms with E-state index in [1.54, 1.807) is 7.11 Å². The van der Waals surface area contributed by atoms with Crippen molar-refractivity contribution in [2.24, 2.45) is 5.92 Å². The first-order chi connectivity index (χ1) is 9.52. The second-order valence-corrected chi connectivity index (χ2v) is 5.70. The summed E-state index contributed by atoms with van der Waals surface area (Å²) in [6, 6.07) is 0.388. The monoisotopic (exact) mass is 299 g/mol. The first-order valence-electron chi connectivity index (χ1n) is 6.87. The van der Waals surface area contributed by atoms with E-state index in [4.69, 9.17) is 16.3 Å². The quantitative estimate of drug-likeness (QED) is 0.766. The lowest BCUT2D eigenvalue weighted by Crippen LogP contribution is -2.39. The van der Waals surface area contributed by atoms with E-state index in [2.05, 4.69) is 26.8 Å². The van der Waals surface area contributed by atoms with Gasteiger partial charge in [-0.25, -0.2) is 0 Å². The van der Waals surface area contributed by atoms with Crippen LogP contribution >= 0.6 is 11.6 Å². The molecule has 0 radical (unpaired) electrons. The van der Waals surface area contributed by atoms with E-state index >= 15 is 0 Å². The summed E-state index contributed by atoms with van der Waals surface area (Å²) in [6.45, 7) is 3.60. The van der Waals surface area contributed by atoms with Gasteiger partial charge in [-0.1, -0.05) is 0 Å². The van der Waals surface area contributed by atoms with Crippen LogP contribution in [0.4, 0.5) is 11.9 Å². The molecule has 112 valence electrons. The van der Waals surface area contributed by atoms with Crippen molar-refractivity contribution < 1.29 is 4.74 Å². The minimum atomic E-state index is 0.226. The molecule has 0 N–H and O–H groups in total. The average Bonchev–Trinajstić information content (AvgIpc) is 3.22. The van der Waals surface area contributed by atoms with Gasteiger partial charge in [0, 0.05) is 33.8 Å². The van der Waals surface area contributed by atoms with Crippen LogP contribution in [0.25, 0.3) is 0 Å². The summed E-state index contributed by atoms with van der Waals surface area (Å²) < 4.78 is 5.20. The third-order valence-corrected chi connectivity index (χ3v) is 3.74. The predicted octanol–water partition coefficient (Wildman–Crippen LogP) is 1.84. The lowest BCUT2D eigenvalue weighted by Gasteiger charge is -2.29. The number of methoxy groups -OCH3 is 1. The average molecular weight is 300 g/mol. The molecule has 6 nitrogen and oxygen atoms in total. The smallest absolute Gasteiger partial charge is 0.231 e. The molecular weight excluding hydrogens is 278 g/mol. The summed E-state index contributed by atoms with van der Waals surface area (Å²) in [4.78, 5) is 16.9. The van der Waals surface area contributed by atoms with Crippen LogP contribution in [-0.2, 0) is 4.74 Å². The number of halogens is 1. The number of nitrogens with zero attached hydrogens (tertiary/aromatic N) is 5. The third-order valence-electron chi connectivity index (χ3n) is 3.57.